The highest BCUT2D eigenvalue weighted by Gasteiger charge is 2.38. The maximum Gasteiger partial charge on any atom is 0.251 e. The lowest BCUT2D eigenvalue weighted by Crippen LogP contribution is -2.29. The van der Waals surface area contributed by atoms with E-state index in [2.05, 4.69) is 10.6 Å². The summed E-state index contributed by atoms with van der Waals surface area (Å²) in [6, 6.07) is 0. The molecule has 2 aliphatic carbocycles. The Hall–Kier alpha value is -1.89. The fourth-order valence-electron chi connectivity index (χ4n) is 3.40. The van der Waals surface area contributed by atoms with E-state index in [4.69, 9.17) is 5.73 Å². The third kappa shape index (κ3) is 4.21. The van der Waals surface area contributed by atoms with E-state index in [0.717, 1.165) is 49.0 Å². The lowest BCUT2D eigenvalue weighted by Gasteiger charge is -2.07. The highest BCUT2D eigenvalue weighted by molar-refractivity contribution is 7.17. The molecule has 136 valence electrons. The van der Waals surface area contributed by atoms with Crippen molar-refractivity contribution in [3.8, 4) is 0 Å². The molecule has 7 heteroatoms. The molecule has 1 heterocycles. The molecule has 2 atom stereocenters. The van der Waals surface area contributed by atoms with Crippen LogP contribution in [0.25, 0.3) is 0 Å². The molecule has 0 bridgehead atoms. The van der Waals surface area contributed by atoms with Gasteiger partial charge < -0.3 is 16.4 Å². The fraction of sp³-hybridized carbons (Fsp3) is 0.611. The average molecular weight is 363 g/mol. The summed E-state index contributed by atoms with van der Waals surface area (Å²) in [6.45, 7) is 2.36. The number of rotatable bonds is 6. The van der Waals surface area contributed by atoms with Gasteiger partial charge in [0.15, 0.2) is 0 Å². The van der Waals surface area contributed by atoms with E-state index in [9.17, 15) is 14.4 Å². The Labute approximate surface area is 151 Å². The summed E-state index contributed by atoms with van der Waals surface area (Å²) in [6.07, 6.45) is 6.20. The van der Waals surface area contributed by atoms with Crippen LogP contribution < -0.4 is 16.4 Å². The van der Waals surface area contributed by atoms with E-state index in [1.54, 1.807) is 0 Å². The first kappa shape index (κ1) is 17.9. The van der Waals surface area contributed by atoms with E-state index < -0.39 is 5.91 Å². The second kappa shape index (κ2) is 7.56. The van der Waals surface area contributed by atoms with Crippen LogP contribution in [0, 0.1) is 11.8 Å². The third-order valence-corrected chi connectivity index (χ3v) is 6.23. The van der Waals surface area contributed by atoms with Gasteiger partial charge in [0.2, 0.25) is 11.8 Å². The van der Waals surface area contributed by atoms with Gasteiger partial charge in [-0.25, -0.2) is 0 Å². The van der Waals surface area contributed by atoms with Crippen LogP contribution in [0.4, 0.5) is 5.00 Å². The number of primary amides is 1. The molecule has 1 aromatic rings. The van der Waals surface area contributed by atoms with Crippen LogP contribution in [0.5, 0.6) is 0 Å². The second-order valence-electron chi connectivity index (χ2n) is 7.04. The number of nitrogens with one attached hydrogen (secondary N) is 2. The highest BCUT2D eigenvalue weighted by atomic mass is 32.1. The van der Waals surface area contributed by atoms with Crippen LogP contribution >= 0.6 is 11.3 Å². The van der Waals surface area contributed by atoms with Crippen molar-refractivity contribution in [2.75, 3.05) is 11.9 Å². The van der Waals surface area contributed by atoms with Gasteiger partial charge >= 0.3 is 0 Å². The number of fused-ring (bicyclic) bond motifs is 1. The molecule has 1 saturated carbocycles. The summed E-state index contributed by atoms with van der Waals surface area (Å²) < 4.78 is 0. The number of carbonyl (C=O) groups excluding carboxylic acids is 3. The summed E-state index contributed by atoms with van der Waals surface area (Å²) in [4.78, 5) is 37.0. The normalized spacial score (nSPS) is 21.8. The van der Waals surface area contributed by atoms with Gasteiger partial charge in [-0.05, 0) is 43.6 Å². The average Bonchev–Trinajstić information content (AvgIpc) is 3.24. The molecule has 0 aliphatic heterocycles. The largest absolute Gasteiger partial charge is 0.365 e. The number of aryl methyl sites for hydroxylation is 1. The minimum absolute atomic E-state index is 0.0287. The molecule has 3 rings (SSSR count). The van der Waals surface area contributed by atoms with Crippen LogP contribution in [0.15, 0.2) is 0 Å². The summed E-state index contributed by atoms with van der Waals surface area (Å²) >= 11 is 1.47. The Balaban J connectivity index is 1.59. The minimum Gasteiger partial charge on any atom is -0.365 e. The van der Waals surface area contributed by atoms with Crippen molar-refractivity contribution in [1.29, 1.82) is 0 Å². The van der Waals surface area contributed by atoms with Crippen LogP contribution in [-0.4, -0.2) is 24.3 Å². The van der Waals surface area contributed by atoms with E-state index in [1.807, 2.05) is 6.92 Å². The molecule has 25 heavy (non-hydrogen) atoms. The molecule has 1 fully saturated rings. The Morgan fingerprint density at radius 2 is 1.92 bits per heavy atom. The molecule has 0 radical (unpaired) electrons. The number of thiophene rings is 1. The predicted octanol–water partition coefficient (Wildman–Crippen LogP) is 2.22. The Morgan fingerprint density at radius 3 is 2.60 bits per heavy atom. The zero-order chi connectivity index (χ0) is 18.0. The summed E-state index contributed by atoms with van der Waals surface area (Å²) in [5.74, 6) is -0.0966. The van der Waals surface area contributed by atoms with Gasteiger partial charge in [-0.1, -0.05) is 13.3 Å². The lowest BCUT2D eigenvalue weighted by molar-refractivity contribution is -0.122. The molecular weight excluding hydrogens is 338 g/mol. The topological polar surface area (TPSA) is 101 Å². The van der Waals surface area contributed by atoms with Crippen molar-refractivity contribution in [2.24, 2.45) is 17.6 Å². The third-order valence-electron chi connectivity index (χ3n) is 5.02. The van der Waals surface area contributed by atoms with Crippen molar-refractivity contribution in [3.63, 3.8) is 0 Å². The minimum atomic E-state index is -0.481. The van der Waals surface area contributed by atoms with Gasteiger partial charge in [-0.3, -0.25) is 14.4 Å². The SMILES string of the molecule is C[C@@H]1C[C@@H]1C(=O)NCCC(=O)Nc1sc2c(c1C(N)=O)CCCCC2. The van der Waals surface area contributed by atoms with Crippen LogP contribution in [-0.2, 0) is 22.4 Å². The molecule has 6 nitrogen and oxygen atoms in total. The molecule has 3 amide bonds. The van der Waals surface area contributed by atoms with E-state index in [-0.39, 0.29) is 24.2 Å². The maximum atomic E-state index is 12.2. The fourth-order valence-corrected chi connectivity index (χ4v) is 4.71. The van der Waals surface area contributed by atoms with Crippen molar-refractivity contribution >= 4 is 34.1 Å². The maximum absolute atomic E-state index is 12.2. The number of amides is 3. The molecule has 1 aromatic heterocycles. The van der Waals surface area contributed by atoms with Crippen molar-refractivity contribution in [2.45, 2.75) is 51.9 Å². The van der Waals surface area contributed by atoms with E-state index >= 15 is 0 Å². The highest BCUT2D eigenvalue weighted by Crippen LogP contribution is 2.38. The number of hydrogen-bond donors (Lipinski definition) is 3. The Bertz CT molecular complexity index is 698. The number of hydrogen-bond acceptors (Lipinski definition) is 4. The van der Waals surface area contributed by atoms with Gasteiger partial charge in [0.25, 0.3) is 5.91 Å². The first-order chi connectivity index (χ1) is 12.0. The summed E-state index contributed by atoms with van der Waals surface area (Å²) in [7, 11) is 0. The van der Waals surface area contributed by atoms with Gasteiger partial charge in [0, 0.05) is 23.8 Å². The molecule has 2 aliphatic rings. The van der Waals surface area contributed by atoms with E-state index in [0.29, 0.717) is 23.0 Å². The number of carbonyl (C=O) groups is 3. The molecule has 0 saturated heterocycles. The first-order valence-electron chi connectivity index (χ1n) is 8.99. The van der Waals surface area contributed by atoms with Crippen LogP contribution in [0.3, 0.4) is 0 Å². The lowest BCUT2D eigenvalue weighted by atomic mass is 10.1. The van der Waals surface area contributed by atoms with Gasteiger partial charge in [0.1, 0.15) is 5.00 Å². The number of nitrogens with two attached hydrogens (primary N) is 1. The molecule has 0 aromatic carbocycles. The monoisotopic (exact) mass is 363 g/mol. The Kier molecular flexibility index (Phi) is 5.42. The summed E-state index contributed by atoms with van der Waals surface area (Å²) in [5.41, 5.74) is 7.06. The Morgan fingerprint density at radius 1 is 1.20 bits per heavy atom. The first-order valence-corrected chi connectivity index (χ1v) is 9.81. The smallest absolute Gasteiger partial charge is 0.251 e. The van der Waals surface area contributed by atoms with Crippen molar-refractivity contribution < 1.29 is 14.4 Å². The zero-order valence-corrected chi connectivity index (χ0v) is 15.3. The van der Waals surface area contributed by atoms with Crippen LogP contribution in [0.1, 0.15) is 59.8 Å². The zero-order valence-electron chi connectivity index (χ0n) is 14.5. The summed E-state index contributed by atoms with van der Waals surface area (Å²) in [5, 5.41) is 6.18. The second-order valence-corrected chi connectivity index (χ2v) is 8.15. The number of anilines is 1. The van der Waals surface area contributed by atoms with Crippen molar-refractivity contribution in [1.82, 2.24) is 5.32 Å². The van der Waals surface area contributed by atoms with Gasteiger partial charge in [0.05, 0.1) is 5.56 Å². The van der Waals surface area contributed by atoms with Gasteiger partial charge in [-0.2, -0.15) is 0 Å². The standard InChI is InChI=1S/C18H25N3O3S/c1-10-9-12(10)17(24)20-8-7-14(22)21-18-15(16(19)23)11-5-3-2-4-6-13(11)25-18/h10,12H,2-9H2,1H3,(H2,19,23)(H,20,24)(H,21,22)/t10-,12+/m1/s1. The molecule has 4 N–H and O–H groups in total. The quantitative estimate of drug-likeness (QED) is 0.675. The molecule has 0 spiro atoms. The van der Waals surface area contributed by atoms with E-state index in [1.165, 1.54) is 11.3 Å². The van der Waals surface area contributed by atoms with Crippen molar-refractivity contribution in [3.05, 3.63) is 16.0 Å². The van der Waals surface area contributed by atoms with Crippen LogP contribution in [0.2, 0.25) is 0 Å². The molecule has 0 unspecified atom stereocenters. The van der Waals surface area contributed by atoms with Gasteiger partial charge in [-0.15, -0.1) is 11.3 Å². The molecular formula is C18H25N3O3S. The predicted molar refractivity (Wildman–Crippen MR) is 97.6 cm³/mol.